The van der Waals surface area contributed by atoms with Crippen LogP contribution in [0.2, 0.25) is 0 Å². The number of piperazine rings is 1. The molecule has 1 saturated heterocycles. The molecule has 94 valence electrons. The molecule has 0 saturated carbocycles. The third-order valence-corrected chi connectivity index (χ3v) is 3.71. The van der Waals surface area contributed by atoms with Gasteiger partial charge in [0.2, 0.25) is 0 Å². The molecule has 0 amide bonds. The first-order valence-corrected chi connectivity index (χ1v) is 6.35. The van der Waals surface area contributed by atoms with E-state index in [0.717, 1.165) is 26.1 Å². The Labute approximate surface area is 104 Å². The van der Waals surface area contributed by atoms with Gasteiger partial charge in [-0.1, -0.05) is 30.3 Å². The zero-order valence-electron chi connectivity index (χ0n) is 10.8. The summed E-state index contributed by atoms with van der Waals surface area (Å²) in [5.74, 6) is 0. The van der Waals surface area contributed by atoms with Gasteiger partial charge in [0.25, 0.3) is 0 Å². The van der Waals surface area contributed by atoms with E-state index < -0.39 is 0 Å². The minimum atomic E-state index is 0.213. The normalized spacial score (nSPS) is 24.8. The first kappa shape index (κ1) is 12.6. The fourth-order valence-electron chi connectivity index (χ4n) is 2.53. The van der Waals surface area contributed by atoms with Crippen molar-refractivity contribution in [2.24, 2.45) is 5.73 Å². The molecule has 1 heterocycles. The second-order valence-corrected chi connectivity index (χ2v) is 5.16. The average molecular weight is 233 g/mol. The second kappa shape index (κ2) is 5.63. The number of benzene rings is 1. The predicted molar refractivity (Wildman–Crippen MR) is 72.0 cm³/mol. The molecule has 2 N–H and O–H groups in total. The molecule has 2 atom stereocenters. The molecule has 2 rings (SSSR count). The average Bonchev–Trinajstić information content (AvgIpc) is 2.33. The van der Waals surface area contributed by atoms with Crippen LogP contribution in [0, 0.1) is 0 Å². The Hall–Kier alpha value is -0.900. The van der Waals surface area contributed by atoms with E-state index in [2.05, 4.69) is 54.2 Å². The van der Waals surface area contributed by atoms with Crippen LogP contribution in [0.25, 0.3) is 0 Å². The molecule has 3 heteroatoms. The van der Waals surface area contributed by atoms with Gasteiger partial charge in [-0.25, -0.2) is 0 Å². The first-order valence-electron chi connectivity index (χ1n) is 6.35. The maximum absolute atomic E-state index is 6.36. The number of rotatable bonds is 3. The lowest BCUT2D eigenvalue weighted by atomic mass is 9.97. The van der Waals surface area contributed by atoms with Crippen LogP contribution in [0.3, 0.4) is 0 Å². The quantitative estimate of drug-likeness (QED) is 0.838. The predicted octanol–water partition coefficient (Wildman–Crippen LogP) is 0.802. The lowest BCUT2D eigenvalue weighted by molar-refractivity contribution is 0.0973. The van der Waals surface area contributed by atoms with E-state index in [1.54, 1.807) is 0 Å². The summed E-state index contributed by atoms with van der Waals surface area (Å²) in [7, 11) is 4.36. The molecule has 0 aliphatic carbocycles. The van der Waals surface area contributed by atoms with Crippen LogP contribution in [-0.2, 0) is 6.42 Å². The molecular formula is C14H23N3. The summed E-state index contributed by atoms with van der Waals surface area (Å²) < 4.78 is 0. The van der Waals surface area contributed by atoms with Crippen molar-refractivity contribution in [1.29, 1.82) is 0 Å². The topological polar surface area (TPSA) is 32.5 Å². The summed E-state index contributed by atoms with van der Waals surface area (Å²) >= 11 is 0. The molecule has 0 aromatic heterocycles. The zero-order chi connectivity index (χ0) is 12.3. The maximum atomic E-state index is 6.36. The fraction of sp³-hybridized carbons (Fsp3) is 0.571. The van der Waals surface area contributed by atoms with Gasteiger partial charge in [0.15, 0.2) is 0 Å². The summed E-state index contributed by atoms with van der Waals surface area (Å²) in [6, 6.07) is 11.2. The monoisotopic (exact) mass is 233 g/mol. The Kier molecular flexibility index (Phi) is 4.15. The van der Waals surface area contributed by atoms with Crippen molar-refractivity contribution >= 4 is 0 Å². The molecule has 0 spiro atoms. The summed E-state index contributed by atoms with van der Waals surface area (Å²) in [4.78, 5) is 4.77. The van der Waals surface area contributed by atoms with E-state index in [9.17, 15) is 0 Å². The van der Waals surface area contributed by atoms with Crippen molar-refractivity contribution in [2.75, 3.05) is 33.7 Å². The standard InChI is InChI=1S/C14H23N3/c1-16-8-9-17(2)14(11-16)13(15)10-12-6-4-3-5-7-12/h3-7,13-14H,8-11,15H2,1-2H3. The van der Waals surface area contributed by atoms with Crippen LogP contribution in [0.1, 0.15) is 5.56 Å². The van der Waals surface area contributed by atoms with E-state index in [1.165, 1.54) is 5.56 Å². The highest BCUT2D eigenvalue weighted by Gasteiger charge is 2.27. The van der Waals surface area contributed by atoms with Gasteiger partial charge >= 0.3 is 0 Å². The minimum Gasteiger partial charge on any atom is -0.326 e. The third kappa shape index (κ3) is 3.28. The molecule has 1 aliphatic heterocycles. The minimum absolute atomic E-state index is 0.213. The highest BCUT2D eigenvalue weighted by Crippen LogP contribution is 2.12. The largest absolute Gasteiger partial charge is 0.326 e. The molecule has 3 nitrogen and oxygen atoms in total. The van der Waals surface area contributed by atoms with Crippen molar-refractivity contribution in [3.63, 3.8) is 0 Å². The van der Waals surface area contributed by atoms with Gasteiger partial charge in [0, 0.05) is 31.7 Å². The van der Waals surface area contributed by atoms with Gasteiger partial charge in [0.1, 0.15) is 0 Å². The third-order valence-electron chi connectivity index (χ3n) is 3.71. The Morgan fingerprint density at radius 3 is 2.65 bits per heavy atom. The highest BCUT2D eigenvalue weighted by atomic mass is 15.3. The van der Waals surface area contributed by atoms with E-state index in [0.29, 0.717) is 6.04 Å². The maximum Gasteiger partial charge on any atom is 0.0375 e. The van der Waals surface area contributed by atoms with Crippen LogP contribution >= 0.6 is 0 Å². The molecule has 1 fully saturated rings. The molecule has 0 radical (unpaired) electrons. The Bertz CT molecular complexity index is 339. The number of nitrogens with zero attached hydrogens (tertiary/aromatic N) is 2. The SMILES string of the molecule is CN1CCN(C)C(C(N)Cc2ccccc2)C1. The molecule has 1 aromatic carbocycles. The van der Waals surface area contributed by atoms with E-state index in [1.807, 2.05) is 0 Å². The van der Waals surface area contributed by atoms with Crippen LogP contribution in [-0.4, -0.2) is 55.6 Å². The van der Waals surface area contributed by atoms with Gasteiger partial charge in [0.05, 0.1) is 0 Å². The number of nitrogens with two attached hydrogens (primary N) is 1. The molecule has 0 bridgehead atoms. The van der Waals surface area contributed by atoms with Gasteiger partial charge in [-0.15, -0.1) is 0 Å². The number of likely N-dealkylation sites (N-methyl/N-ethyl adjacent to an activating group) is 2. The fourth-order valence-corrected chi connectivity index (χ4v) is 2.53. The van der Waals surface area contributed by atoms with Crippen molar-refractivity contribution in [1.82, 2.24) is 9.80 Å². The van der Waals surface area contributed by atoms with Gasteiger partial charge in [-0.05, 0) is 26.1 Å². The smallest absolute Gasteiger partial charge is 0.0375 e. The lowest BCUT2D eigenvalue weighted by Gasteiger charge is -2.40. The zero-order valence-corrected chi connectivity index (χ0v) is 10.8. The summed E-state index contributed by atoms with van der Waals surface area (Å²) in [6.07, 6.45) is 0.962. The lowest BCUT2D eigenvalue weighted by Crippen LogP contribution is -2.58. The Morgan fingerprint density at radius 1 is 1.24 bits per heavy atom. The van der Waals surface area contributed by atoms with Crippen molar-refractivity contribution in [2.45, 2.75) is 18.5 Å². The summed E-state index contributed by atoms with van der Waals surface area (Å²) in [6.45, 7) is 3.33. The number of hydrogen-bond donors (Lipinski definition) is 1. The van der Waals surface area contributed by atoms with Crippen molar-refractivity contribution in [3.05, 3.63) is 35.9 Å². The number of hydrogen-bond acceptors (Lipinski definition) is 3. The summed E-state index contributed by atoms with van der Waals surface area (Å²) in [5.41, 5.74) is 7.70. The summed E-state index contributed by atoms with van der Waals surface area (Å²) in [5, 5.41) is 0. The molecule has 1 aliphatic rings. The van der Waals surface area contributed by atoms with Gasteiger partial charge < -0.3 is 10.6 Å². The van der Waals surface area contributed by atoms with Gasteiger partial charge in [-0.3, -0.25) is 4.90 Å². The van der Waals surface area contributed by atoms with Crippen LogP contribution in [0.15, 0.2) is 30.3 Å². The van der Waals surface area contributed by atoms with Crippen molar-refractivity contribution < 1.29 is 0 Å². The van der Waals surface area contributed by atoms with Crippen LogP contribution in [0.4, 0.5) is 0 Å². The van der Waals surface area contributed by atoms with E-state index in [4.69, 9.17) is 5.73 Å². The molecule has 1 aromatic rings. The highest BCUT2D eigenvalue weighted by molar-refractivity contribution is 5.16. The Balaban J connectivity index is 1.97. The first-order chi connectivity index (χ1) is 8.16. The second-order valence-electron chi connectivity index (χ2n) is 5.16. The van der Waals surface area contributed by atoms with Crippen LogP contribution in [0.5, 0.6) is 0 Å². The van der Waals surface area contributed by atoms with E-state index >= 15 is 0 Å². The molecular weight excluding hydrogens is 210 g/mol. The molecule has 2 unspecified atom stereocenters. The molecule has 17 heavy (non-hydrogen) atoms. The van der Waals surface area contributed by atoms with E-state index in [-0.39, 0.29) is 6.04 Å². The Morgan fingerprint density at radius 2 is 1.94 bits per heavy atom. The van der Waals surface area contributed by atoms with Gasteiger partial charge in [-0.2, -0.15) is 0 Å². The van der Waals surface area contributed by atoms with Crippen molar-refractivity contribution in [3.8, 4) is 0 Å². The van der Waals surface area contributed by atoms with Crippen LogP contribution < -0.4 is 5.73 Å².